The van der Waals surface area contributed by atoms with Crippen molar-refractivity contribution in [1.29, 1.82) is 0 Å². The first-order valence-corrected chi connectivity index (χ1v) is 7.10. The van der Waals surface area contributed by atoms with Crippen LogP contribution in [0.2, 0.25) is 0 Å². The lowest BCUT2D eigenvalue weighted by molar-refractivity contribution is 0.0927. The zero-order valence-corrected chi connectivity index (χ0v) is 11.7. The molecular formula is C17H14F3NO. The molecule has 1 amide bonds. The lowest BCUT2D eigenvalue weighted by Gasteiger charge is -2.26. The first kappa shape index (κ1) is 14.6. The number of carbonyl (C=O) groups excluding carboxylic acids is 1. The number of nitrogens with one attached hydrogen (secondary N) is 1. The first-order chi connectivity index (χ1) is 10.6. The molecule has 0 bridgehead atoms. The molecule has 114 valence electrons. The predicted molar refractivity (Wildman–Crippen MR) is 75.9 cm³/mol. The van der Waals surface area contributed by atoms with Crippen molar-refractivity contribution in [3.63, 3.8) is 0 Å². The topological polar surface area (TPSA) is 29.1 Å². The van der Waals surface area contributed by atoms with Crippen LogP contribution in [0, 0.1) is 17.5 Å². The molecule has 2 aromatic rings. The zero-order chi connectivity index (χ0) is 15.7. The van der Waals surface area contributed by atoms with Gasteiger partial charge in [0.15, 0.2) is 17.5 Å². The van der Waals surface area contributed by atoms with Crippen molar-refractivity contribution < 1.29 is 18.0 Å². The van der Waals surface area contributed by atoms with Crippen LogP contribution in [0.4, 0.5) is 13.2 Å². The lowest BCUT2D eigenvalue weighted by Crippen LogP contribution is -2.31. The summed E-state index contributed by atoms with van der Waals surface area (Å²) in [5, 5.41) is 2.71. The molecule has 0 unspecified atom stereocenters. The van der Waals surface area contributed by atoms with Gasteiger partial charge in [-0.3, -0.25) is 4.79 Å². The molecule has 22 heavy (non-hydrogen) atoms. The number of carbonyl (C=O) groups is 1. The zero-order valence-electron chi connectivity index (χ0n) is 11.7. The highest BCUT2D eigenvalue weighted by Crippen LogP contribution is 2.29. The summed E-state index contributed by atoms with van der Waals surface area (Å²) < 4.78 is 39.9. The van der Waals surface area contributed by atoms with E-state index in [9.17, 15) is 18.0 Å². The second kappa shape index (κ2) is 5.83. The maximum atomic E-state index is 13.7. The van der Waals surface area contributed by atoms with Crippen LogP contribution in [0.3, 0.4) is 0 Å². The van der Waals surface area contributed by atoms with Crippen molar-refractivity contribution in [3.05, 3.63) is 70.5 Å². The third-order valence-electron chi connectivity index (χ3n) is 3.95. The summed E-state index contributed by atoms with van der Waals surface area (Å²) in [6, 6.07) is 9.18. The summed E-state index contributed by atoms with van der Waals surface area (Å²) in [4.78, 5) is 12.2. The molecule has 1 aliphatic rings. The number of amides is 1. The van der Waals surface area contributed by atoms with Crippen LogP contribution in [0.5, 0.6) is 0 Å². The van der Waals surface area contributed by atoms with E-state index < -0.39 is 28.9 Å². The molecule has 0 saturated carbocycles. The average molecular weight is 305 g/mol. The van der Waals surface area contributed by atoms with E-state index in [4.69, 9.17) is 0 Å². The molecule has 0 heterocycles. The molecule has 0 spiro atoms. The van der Waals surface area contributed by atoms with Crippen molar-refractivity contribution in [2.75, 3.05) is 0 Å². The maximum absolute atomic E-state index is 13.7. The van der Waals surface area contributed by atoms with Crippen LogP contribution < -0.4 is 5.32 Å². The molecule has 1 N–H and O–H groups in total. The van der Waals surface area contributed by atoms with Gasteiger partial charge in [-0.15, -0.1) is 0 Å². The Morgan fingerprint density at radius 2 is 1.82 bits per heavy atom. The monoisotopic (exact) mass is 305 g/mol. The van der Waals surface area contributed by atoms with Gasteiger partial charge in [0, 0.05) is 0 Å². The van der Waals surface area contributed by atoms with Gasteiger partial charge in [-0.05, 0) is 42.5 Å². The number of fused-ring (bicyclic) bond motifs is 1. The Kier molecular flexibility index (Phi) is 3.88. The quantitative estimate of drug-likeness (QED) is 0.837. The Labute approximate surface area is 126 Å². The fraction of sp³-hybridized carbons (Fsp3) is 0.235. The lowest BCUT2D eigenvalue weighted by atomic mass is 9.87. The molecule has 1 atom stereocenters. The maximum Gasteiger partial charge on any atom is 0.254 e. The van der Waals surface area contributed by atoms with Crippen LogP contribution in [0.15, 0.2) is 36.4 Å². The summed E-state index contributed by atoms with van der Waals surface area (Å²) in [7, 11) is 0. The Morgan fingerprint density at radius 3 is 2.64 bits per heavy atom. The van der Waals surface area contributed by atoms with Gasteiger partial charge in [0.05, 0.1) is 11.6 Å². The Bertz CT molecular complexity index is 730. The molecule has 1 aliphatic carbocycles. The predicted octanol–water partition coefficient (Wildman–Crippen LogP) is 3.91. The normalized spacial score (nSPS) is 17.0. The number of benzene rings is 2. The Morgan fingerprint density at radius 1 is 1.05 bits per heavy atom. The van der Waals surface area contributed by atoms with E-state index in [1.807, 2.05) is 24.3 Å². The van der Waals surface area contributed by atoms with Crippen LogP contribution >= 0.6 is 0 Å². The molecule has 0 fully saturated rings. The van der Waals surface area contributed by atoms with Crippen LogP contribution in [0.1, 0.15) is 40.4 Å². The molecular weight excluding hydrogens is 291 g/mol. The molecule has 2 aromatic carbocycles. The summed E-state index contributed by atoms with van der Waals surface area (Å²) >= 11 is 0. The van der Waals surface area contributed by atoms with E-state index in [0.717, 1.165) is 42.5 Å². The van der Waals surface area contributed by atoms with Crippen molar-refractivity contribution in [2.45, 2.75) is 25.3 Å². The number of rotatable bonds is 2. The van der Waals surface area contributed by atoms with Gasteiger partial charge < -0.3 is 5.32 Å². The van der Waals surface area contributed by atoms with Crippen LogP contribution in [0.25, 0.3) is 0 Å². The third-order valence-corrected chi connectivity index (χ3v) is 3.95. The average Bonchev–Trinajstić information content (AvgIpc) is 2.53. The van der Waals surface area contributed by atoms with Gasteiger partial charge in [0.2, 0.25) is 0 Å². The fourth-order valence-corrected chi connectivity index (χ4v) is 2.84. The van der Waals surface area contributed by atoms with Crippen molar-refractivity contribution in [1.82, 2.24) is 5.32 Å². The fourth-order valence-electron chi connectivity index (χ4n) is 2.84. The minimum absolute atomic E-state index is 0.245. The van der Waals surface area contributed by atoms with Crippen LogP contribution in [-0.2, 0) is 6.42 Å². The Hall–Kier alpha value is -2.30. The number of hydrogen-bond donors (Lipinski definition) is 1. The number of aryl methyl sites for hydroxylation is 1. The number of hydrogen-bond acceptors (Lipinski definition) is 1. The third kappa shape index (κ3) is 2.58. The summed E-state index contributed by atoms with van der Waals surface area (Å²) in [5.41, 5.74) is 1.65. The minimum Gasteiger partial charge on any atom is -0.345 e. The summed E-state index contributed by atoms with van der Waals surface area (Å²) in [6.07, 6.45) is 2.57. The van der Waals surface area contributed by atoms with E-state index >= 15 is 0 Å². The van der Waals surface area contributed by atoms with E-state index in [0.29, 0.717) is 0 Å². The minimum atomic E-state index is -1.63. The molecule has 0 saturated heterocycles. The molecule has 0 aromatic heterocycles. The van der Waals surface area contributed by atoms with Gasteiger partial charge in [0.25, 0.3) is 5.91 Å². The second-order valence-electron chi connectivity index (χ2n) is 5.34. The SMILES string of the molecule is O=C(N[C@H]1CCCc2ccccc21)c1ccc(F)c(F)c1F. The molecule has 5 heteroatoms. The van der Waals surface area contributed by atoms with Crippen LogP contribution in [-0.4, -0.2) is 5.91 Å². The van der Waals surface area contributed by atoms with Crippen molar-refractivity contribution in [2.24, 2.45) is 0 Å². The highest BCUT2D eigenvalue weighted by molar-refractivity contribution is 5.94. The van der Waals surface area contributed by atoms with Gasteiger partial charge in [0.1, 0.15) is 0 Å². The second-order valence-corrected chi connectivity index (χ2v) is 5.34. The van der Waals surface area contributed by atoms with Crippen molar-refractivity contribution in [3.8, 4) is 0 Å². The van der Waals surface area contributed by atoms with Gasteiger partial charge in [-0.25, -0.2) is 13.2 Å². The molecule has 0 aliphatic heterocycles. The van der Waals surface area contributed by atoms with Gasteiger partial charge in [-0.2, -0.15) is 0 Å². The highest BCUT2D eigenvalue weighted by Gasteiger charge is 2.24. The van der Waals surface area contributed by atoms with E-state index in [1.54, 1.807) is 0 Å². The first-order valence-electron chi connectivity index (χ1n) is 7.10. The molecule has 3 rings (SSSR count). The molecule has 2 nitrogen and oxygen atoms in total. The van der Waals surface area contributed by atoms with Crippen molar-refractivity contribution >= 4 is 5.91 Å². The van der Waals surface area contributed by atoms with E-state index in [-0.39, 0.29) is 6.04 Å². The summed E-state index contributed by atoms with van der Waals surface area (Å²) in [5.74, 6) is -5.13. The number of halogens is 3. The largest absolute Gasteiger partial charge is 0.345 e. The molecule has 0 radical (unpaired) electrons. The van der Waals surface area contributed by atoms with E-state index in [2.05, 4.69) is 5.32 Å². The Balaban J connectivity index is 1.86. The van der Waals surface area contributed by atoms with Gasteiger partial charge in [-0.1, -0.05) is 24.3 Å². The van der Waals surface area contributed by atoms with E-state index in [1.165, 1.54) is 0 Å². The highest BCUT2D eigenvalue weighted by atomic mass is 19.2. The van der Waals surface area contributed by atoms with Gasteiger partial charge >= 0.3 is 0 Å². The summed E-state index contributed by atoms with van der Waals surface area (Å²) in [6.45, 7) is 0. The standard InChI is InChI=1S/C17H14F3NO/c18-13-9-8-12(15(19)16(13)20)17(22)21-14-7-3-5-10-4-1-2-6-11(10)14/h1-2,4,6,8-9,14H,3,5,7H2,(H,21,22)/t14-/m0/s1. The smallest absolute Gasteiger partial charge is 0.254 e.